The van der Waals surface area contributed by atoms with Gasteiger partial charge < -0.3 is 10.1 Å². The fourth-order valence-corrected chi connectivity index (χ4v) is 2.14. The third kappa shape index (κ3) is 4.23. The van der Waals surface area contributed by atoms with E-state index < -0.39 is 11.7 Å². The minimum atomic E-state index is -4.36. The summed E-state index contributed by atoms with van der Waals surface area (Å²) in [6.07, 6.45) is -2.35. The maximum absolute atomic E-state index is 12.5. The van der Waals surface area contributed by atoms with Gasteiger partial charge in [-0.25, -0.2) is 0 Å². The average molecular weight is 287 g/mol. The lowest BCUT2D eigenvalue weighted by molar-refractivity contribution is -0.137. The molecule has 0 radical (unpaired) electrons. The molecule has 2 rings (SSSR count). The van der Waals surface area contributed by atoms with E-state index in [0.717, 1.165) is 25.0 Å². The molecular weight excluding hydrogens is 271 g/mol. The van der Waals surface area contributed by atoms with Gasteiger partial charge in [0.2, 0.25) is 5.91 Å². The third-order valence-corrected chi connectivity index (χ3v) is 3.18. The zero-order chi connectivity index (χ0) is 14.6. The van der Waals surface area contributed by atoms with Crippen molar-refractivity contribution in [2.45, 2.75) is 38.1 Å². The van der Waals surface area contributed by atoms with Gasteiger partial charge in [0.05, 0.1) is 18.1 Å². The van der Waals surface area contributed by atoms with Crippen LogP contribution in [0.1, 0.15) is 30.4 Å². The van der Waals surface area contributed by atoms with Crippen LogP contribution in [0.2, 0.25) is 0 Å². The number of halogens is 3. The summed E-state index contributed by atoms with van der Waals surface area (Å²) in [6.45, 7) is 0.765. The summed E-state index contributed by atoms with van der Waals surface area (Å²) in [4.78, 5) is 11.6. The first kappa shape index (κ1) is 14.8. The molecule has 20 heavy (non-hydrogen) atoms. The predicted octanol–water partition coefficient (Wildman–Crippen LogP) is 2.89. The number of amides is 1. The van der Waals surface area contributed by atoms with Crippen molar-refractivity contribution in [3.63, 3.8) is 0 Å². The first-order valence-electron chi connectivity index (χ1n) is 6.49. The molecule has 1 fully saturated rings. The number of carbonyl (C=O) groups excluding carboxylic acids is 1. The molecule has 1 aromatic carbocycles. The maximum Gasteiger partial charge on any atom is 0.416 e. The van der Waals surface area contributed by atoms with Crippen LogP contribution >= 0.6 is 0 Å². The predicted molar refractivity (Wildman–Crippen MR) is 66.9 cm³/mol. The summed E-state index contributed by atoms with van der Waals surface area (Å²) in [5.74, 6) is -0.200. The van der Waals surface area contributed by atoms with Crippen molar-refractivity contribution in [1.29, 1.82) is 0 Å². The number of ether oxygens (including phenoxy) is 1. The minimum absolute atomic E-state index is 0.0588. The highest BCUT2D eigenvalue weighted by Gasteiger charge is 2.30. The molecule has 1 aliphatic heterocycles. The molecule has 3 nitrogen and oxygen atoms in total. The molecule has 6 heteroatoms. The second kappa shape index (κ2) is 6.26. The molecule has 0 bridgehead atoms. The molecule has 1 amide bonds. The maximum atomic E-state index is 12.5. The van der Waals surface area contributed by atoms with Gasteiger partial charge in [-0.1, -0.05) is 12.1 Å². The molecular formula is C14H16F3NO2. The Morgan fingerprint density at radius 1 is 1.40 bits per heavy atom. The van der Waals surface area contributed by atoms with Crippen LogP contribution in [0, 0.1) is 0 Å². The lowest BCUT2D eigenvalue weighted by atomic mass is 10.1. The van der Waals surface area contributed by atoms with Gasteiger partial charge in [-0.15, -0.1) is 0 Å². The van der Waals surface area contributed by atoms with Gasteiger partial charge in [-0.2, -0.15) is 13.2 Å². The average Bonchev–Trinajstić information content (AvgIpc) is 2.88. The number of rotatable bonds is 4. The van der Waals surface area contributed by atoms with Gasteiger partial charge in [0.25, 0.3) is 0 Å². The zero-order valence-corrected chi connectivity index (χ0v) is 10.9. The summed E-state index contributed by atoms with van der Waals surface area (Å²) in [6, 6.07) is 4.95. The van der Waals surface area contributed by atoms with Crippen LogP contribution in [0.15, 0.2) is 24.3 Å². The highest BCUT2D eigenvalue weighted by molar-refractivity contribution is 5.76. The summed E-state index contributed by atoms with van der Waals surface area (Å²) in [5, 5.41) is 2.62. The summed E-state index contributed by atoms with van der Waals surface area (Å²) < 4.78 is 42.9. The van der Waals surface area contributed by atoms with Gasteiger partial charge in [0.15, 0.2) is 0 Å². The smallest absolute Gasteiger partial charge is 0.378 e. The van der Waals surface area contributed by atoms with Crippen molar-refractivity contribution in [1.82, 2.24) is 5.32 Å². The van der Waals surface area contributed by atoms with Crippen LogP contribution in [0.5, 0.6) is 0 Å². The zero-order valence-electron chi connectivity index (χ0n) is 10.9. The Morgan fingerprint density at radius 3 is 2.85 bits per heavy atom. The fraction of sp³-hybridized carbons (Fsp3) is 0.500. The van der Waals surface area contributed by atoms with E-state index in [-0.39, 0.29) is 25.0 Å². The van der Waals surface area contributed by atoms with Gasteiger partial charge in [0.1, 0.15) is 0 Å². The minimum Gasteiger partial charge on any atom is -0.378 e. The number of nitrogens with one attached hydrogen (secondary N) is 1. The molecule has 1 aromatic rings. The molecule has 0 spiro atoms. The SMILES string of the molecule is O=C(CC1CCCO1)NCc1cccc(C(F)(F)F)c1. The summed E-state index contributed by atoms with van der Waals surface area (Å²) >= 11 is 0. The Bertz CT molecular complexity index is 468. The monoisotopic (exact) mass is 287 g/mol. The van der Waals surface area contributed by atoms with Crippen molar-refractivity contribution in [3.05, 3.63) is 35.4 Å². The first-order valence-corrected chi connectivity index (χ1v) is 6.49. The quantitative estimate of drug-likeness (QED) is 0.924. The lowest BCUT2D eigenvalue weighted by Gasteiger charge is -2.11. The number of alkyl halides is 3. The van der Waals surface area contributed by atoms with E-state index in [0.29, 0.717) is 12.2 Å². The number of hydrogen-bond acceptors (Lipinski definition) is 2. The number of hydrogen-bond donors (Lipinski definition) is 1. The van der Waals surface area contributed by atoms with Crippen LogP contribution in [0.25, 0.3) is 0 Å². The van der Waals surface area contributed by atoms with E-state index in [9.17, 15) is 18.0 Å². The van der Waals surface area contributed by atoms with Crippen molar-refractivity contribution in [2.75, 3.05) is 6.61 Å². The second-order valence-corrected chi connectivity index (χ2v) is 4.81. The summed E-state index contributed by atoms with van der Waals surface area (Å²) in [7, 11) is 0. The largest absolute Gasteiger partial charge is 0.416 e. The number of carbonyl (C=O) groups is 1. The van der Waals surface area contributed by atoms with Gasteiger partial charge in [-0.05, 0) is 30.5 Å². The second-order valence-electron chi connectivity index (χ2n) is 4.81. The van der Waals surface area contributed by atoms with Crippen LogP contribution < -0.4 is 5.32 Å². The fourth-order valence-electron chi connectivity index (χ4n) is 2.14. The summed E-state index contributed by atoms with van der Waals surface area (Å²) in [5.41, 5.74) is -0.274. The first-order chi connectivity index (χ1) is 9.45. The standard InChI is InChI=1S/C14H16F3NO2/c15-14(16,17)11-4-1-3-10(7-11)9-18-13(19)8-12-5-2-6-20-12/h1,3-4,7,12H,2,5-6,8-9H2,(H,18,19). The normalized spacial score (nSPS) is 19.1. The Balaban J connectivity index is 1.85. The Morgan fingerprint density at radius 2 is 2.20 bits per heavy atom. The van der Waals surface area contributed by atoms with Crippen LogP contribution in [0.3, 0.4) is 0 Å². The van der Waals surface area contributed by atoms with E-state index in [1.807, 2.05) is 0 Å². The molecule has 110 valence electrons. The van der Waals surface area contributed by atoms with E-state index in [1.165, 1.54) is 6.07 Å². The molecule has 1 saturated heterocycles. The van der Waals surface area contributed by atoms with Crippen molar-refractivity contribution in [2.24, 2.45) is 0 Å². The Hall–Kier alpha value is -1.56. The lowest BCUT2D eigenvalue weighted by Crippen LogP contribution is -2.26. The molecule has 0 saturated carbocycles. The molecule has 0 aromatic heterocycles. The van der Waals surface area contributed by atoms with E-state index in [4.69, 9.17) is 4.74 Å². The molecule has 1 aliphatic rings. The van der Waals surface area contributed by atoms with Gasteiger partial charge in [0, 0.05) is 13.2 Å². The molecule has 0 aliphatic carbocycles. The Kier molecular flexibility index (Phi) is 4.65. The van der Waals surface area contributed by atoms with Crippen molar-refractivity contribution >= 4 is 5.91 Å². The Labute approximate surface area is 115 Å². The molecule has 1 unspecified atom stereocenters. The van der Waals surface area contributed by atoms with Crippen molar-refractivity contribution in [3.8, 4) is 0 Å². The van der Waals surface area contributed by atoms with Crippen LogP contribution in [0.4, 0.5) is 13.2 Å². The highest BCUT2D eigenvalue weighted by Crippen LogP contribution is 2.29. The van der Waals surface area contributed by atoms with Crippen LogP contribution in [-0.2, 0) is 22.3 Å². The third-order valence-electron chi connectivity index (χ3n) is 3.18. The molecule has 1 N–H and O–H groups in total. The van der Waals surface area contributed by atoms with E-state index >= 15 is 0 Å². The number of benzene rings is 1. The topological polar surface area (TPSA) is 38.3 Å². The van der Waals surface area contributed by atoms with Gasteiger partial charge in [-0.3, -0.25) is 4.79 Å². The molecule has 1 heterocycles. The van der Waals surface area contributed by atoms with Crippen molar-refractivity contribution < 1.29 is 22.7 Å². The van der Waals surface area contributed by atoms with Crippen LogP contribution in [-0.4, -0.2) is 18.6 Å². The molecule has 1 atom stereocenters. The van der Waals surface area contributed by atoms with E-state index in [1.54, 1.807) is 6.07 Å². The van der Waals surface area contributed by atoms with E-state index in [2.05, 4.69) is 5.32 Å². The highest BCUT2D eigenvalue weighted by atomic mass is 19.4. The van der Waals surface area contributed by atoms with Gasteiger partial charge >= 0.3 is 6.18 Å².